The first-order valence-corrected chi connectivity index (χ1v) is 16.2. The number of hydrogen-bond acceptors (Lipinski definition) is 9. The topological polar surface area (TPSA) is 129 Å². The van der Waals surface area contributed by atoms with E-state index in [0.717, 1.165) is 17.5 Å². The van der Waals surface area contributed by atoms with Gasteiger partial charge in [0.2, 0.25) is 11.7 Å². The molecule has 0 saturated carbocycles. The van der Waals surface area contributed by atoms with Crippen molar-refractivity contribution in [1.82, 2.24) is 34.5 Å². The quantitative estimate of drug-likeness (QED) is 0.151. The predicted octanol–water partition coefficient (Wildman–Crippen LogP) is 7.04. The molecule has 0 bridgehead atoms. The van der Waals surface area contributed by atoms with E-state index >= 15 is 0 Å². The third kappa shape index (κ3) is 7.81. The summed E-state index contributed by atoms with van der Waals surface area (Å²) < 4.78 is 93.5. The van der Waals surface area contributed by atoms with Crippen molar-refractivity contribution in [2.24, 2.45) is 7.05 Å². The number of alkyl halides is 6. The molecule has 18 heteroatoms. The molecule has 12 nitrogen and oxygen atoms in total. The Morgan fingerprint density at radius 3 is 2.09 bits per heavy atom. The summed E-state index contributed by atoms with van der Waals surface area (Å²) in [5.74, 6) is 0.112. The molecule has 6 aromatic rings. The smallest absolute Gasteiger partial charge is 0.422 e. The fourth-order valence-corrected chi connectivity index (χ4v) is 5.75. The minimum absolute atomic E-state index is 0.00302. The Balaban J connectivity index is 0.957. The summed E-state index contributed by atoms with van der Waals surface area (Å²) in [6, 6.07) is 16.8. The van der Waals surface area contributed by atoms with Gasteiger partial charge in [-0.15, -0.1) is 0 Å². The van der Waals surface area contributed by atoms with Crippen molar-refractivity contribution in [2.75, 3.05) is 32.8 Å². The SMILES string of the molecule is Cn1c(C(=O)N2CCN(C(=O)c3ccc(OCC(F)(F)F)cc3)CC2)cc2ccc(Oc3cnc(-c4nc(-c5ccc(C(F)(F)F)cc5)no4)cn3)cc21. The maximum atomic E-state index is 13.6. The molecule has 3 aromatic heterocycles. The summed E-state index contributed by atoms with van der Waals surface area (Å²) >= 11 is 0. The number of nitrogens with zero attached hydrogens (tertiary/aromatic N) is 7. The molecule has 7 rings (SSSR count). The van der Waals surface area contributed by atoms with Crippen molar-refractivity contribution < 1.29 is 49.9 Å². The number of hydrogen-bond donors (Lipinski definition) is 0. The Labute approximate surface area is 301 Å². The van der Waals surface area contributed by atoms with Crippen LogP contribution in [0.4, 0.5) is 26.3 Å². The number of piperazine rings is 1. The molecule has 3 aromatic carbocycles. The molecule has 0 spiro atoms. The van der Waals surface area contributed by atoms with Crippen molar-refractivity contribution in [2.45, 2.75) is 12.4 Å². The number of aryl methyl sites for hydroxylation is 1. The fraction of sp³-hybridized carbons (Fsp3) is 0.222. The molecule has 0 radical (unpaired) electrons. The molecule has 0 N–H and O–H groups in total. The average molecular weight is 752 g/mol. The van der Waals surface area contributed by atoms with Crippen molar-refractivity contribution in [1.29, 1.82) is 0 Å². The van der Waals surface area contributed by atoms with Crippen LogP contribution < -0.4 is 9.47 Å². The van der Waals surface area contributed by atoms with Crippen LogP contribution in [0.25, 0.3) is 33.9 Å². The zero-order chi connectivity index (χ0) is 38.2. The van der Waals surface area contributed by atoms with Crippen molar-refractivity contribution in [3.63, 3.8) is 0 Å². The molecule has 0 aliphatic carbocycles. The Morgan fingerprint density at radius 2 is 1.46 bits per heavy atom. The van der Waals surface area contributed by atoms with Crippen LogP contribution in [0.15, 0.2) is 89.7 Å². The lowest BCUT2D eigenvalue weighted by Gasteiger charge is -2.34. The molecule has 1 aliphatic rings. The number of aromatic nitrogens is 5. The van der Waals surface area contributed by atoms with E-state index in [1.165, 1.54) is 48.8 Å². The Bertz CT molecular complexity index is 2300. The molecule has 1 fully saturated rings. The number of benzene rings is 3. The minimum atomic E-state index is -4.47. The van der Waals surface area contributed by atoms with Gasteiger partial charge in [-0.25, -0.2) is 9.97 Å². The van der Waals surface area contributed by atoms with Crippen molar-refractivity contribution >= 4 is 22.7 Å². The van der Waals surface area contributed by atoms with E-state index in [4.69, 9.17) is 14.0 Å². The lowest BCUT2D eigenvalue weighted by atomic mass is 10.1. The van der Waals surface area contributed by atoms with Crippen LogP contribution in [0.1, 0.15) is 26.4 Å². The van der Waals surface area contributed by atoms with E-state index in [-0.39, 0.29) is 67.0 Å². The van der Waals surface area contributed by atoms with Crippen LogP contribution in [0.2, 0.25) is 0 Å². The number of rotatable bonds is 8. The van der Waals surface area contributed by atoms with E-state index in [9.17, 15) is 35.9 Å². The minimum Gasteiger partial charge on any atom is -0.484 e. The average Bonchev–Trinajstić information content (AvgIpc) is 3.79. The lowest BCUT2D eigenvalue weighted by Crippen LogP contribution is -2.50. The molecule has 278 valence electrons. The summed E-state index contributed by atoms with van der Waals surface area (Å²) in [5.41, 5.74) is 1.17. The molecular weight excluding hydrogens is 724 g/mol. The fourth-order valence-electron chi connectivity index (χ4n) is 5.75. The lowest BCUT2D eigenvalue weighted by molar-refractivity contribution is -0.153. The van der Waals surface area contributed by atoms with Crippen LogP contribution >= 0.6 is 0 Å². The van der Waals surface area contributed by atoms with Gasteiger partial charge < -0.3 is 28.4 Å². The Morgan fingerprint density at radius 1 is 0.796 bits per heavy atom. The molecule has 2 amide bonds. The van der Waals surface area contributed by atoms with Crippen LogP contribution in [0.5, 0.6) is 17.4 Å². The second-order valence-corrected chi connectivity index (χ2v) is 12.2. The summed E-state index contributed by atoms with van der Waals surface area (Å²) in [5, 5.41) is 4.60. The van der Waals surface area contributed by atoms with Gasteiger partial charge in [-0.2, -0.15) is 31.3 Å². The summed E-state index contributed by atoms with van der Waals surface area (Å²) in [4.78, 5) is 42.5. The van der Waals surface area contributed by atoms with Gasteiger partial charge in [0.25, 0.3) is 17.7 Å². The van der Waals surface area contributed by atoms with Crippen molar-refractivity contribution in [3.05, 3.63) is 102 Å². The van der Waals surface area contributed by atoms with Crippen LogP contribution in [-0.4, -0.2) is 85.3 Å². The molecule has 1 saturated heterocycles. The third-order valence-corrected chi connectivity index (χ3v) is 8.56. The number of halogens is 6. The number of carbonyl (C=O) groups excluding carboxylic acids is 2. The Kier molecular flexibility index (Phi) is 9.42. The van der Waals surface area contributed by atoms with E-state index in [2.05, 4.69) is 20.1 Å². The van der Waals surface area contributed by atoms with E-state index in [0.29, 0.717) is 28.1 Å². The number of carbonyl (C=O) groups is 2. The monoisotopic (exact) mass is 751 g/mol. The summed E-state index contributed by atoms with van der Waals surface area (Å²) in [6.45, 7) is -0.332. The summed E-state index contributed by atoms with van der Waals surface area (Å²) in [6.07, 6.45) is -6.25. The second kappa shape index (κ2) is 14.2. The first-order valence-electron chi connectivity index (χ1n) is 16.2. The van der Waals surface area contributed by atoms with Gasteiger partial charge in [0.1, 0.15) is 22.9 Å². The van der Waals surface area contributed by atoms with Gasteiger partial charge in [0.05, 0.1) is 23.5 Å². The summed E-state index contributed by atoms with van der Waals surface area (Å²) in [7, 11) is 1.75. The van der Waals surface area contributed by atoms with Gasteiger partial charge in [-0.1, -0.05) is 17.3 Å². The maximum Gasteiger partial charge on any atom is 0.422 e. The van der Waals surface area contributed by atoms with Crippen molar-refractivity contribution in [3.8, 4) is 40.4 Å². The second-order valence-electron chi connectivity index (χ2n) is 12.2. The molecule has 0 atom stereocenters. The highest BCUT2D eigenvalue weighted by molar-refractivity contribution is 5.99. The number of ether oxygens (including phenoxy) is 2. The van der Waals surface area contributed by atoms with E-state index in [1.807, 2.05) is 0 Å². The molecule has 0 unspecified atom stereocenters. The normalized spacial score (nSPS) is 13.7. The van der Waals surface area contributed by atoms with Gasteiger partial charge in [-0.05, 0) is 54.6 Å². The first kappa shape index (κ1) is 35.9. The van der Waals surface area contributed by atoms with Crippen LogP contribution in [0.3, 0.4) is 0 Å². The van der Waals surface area contributed by atoms with Crippen LogP contribution in [-0.2, 0) is 13.2 Å². The number of amides is 2. The third-order valence-electron chi connectivity index (χ3n) is 8.56. The zero-order valence-electron chi connectivity index (χ0n) is 28.1. The molecule has 54 heavy (non-hydrogen) atoms. The zero-order valence-corrected chi connectivity index (χ0v) is 28.1. The molecule has 4 heterocycles. The predicted molar refractivity (Wildman–Crippen MR) is 179 cm³/mol. The Hall–Kier alpha value is -6.46. The first-order chi connectivity index (χ1) is 25.7. The maximum absolute atomic E-state index is 13.6. The highest BCUT2D eigenvalue weighted by Crippen LogP contribution is 2.32. The highest BCUT2D eigenvalue weighted by atomic mass is 19.4. The highest BCUT2D eigenvalue weighted by Gasteiger charge is 2.31. The van der Waals surface area contributed by atoms with E-state index < -0.39 is 24.5 Å². The van der Waals surface area contributed by atoms with Gasteiger partial charge >= 0.3 is 12.4 Å². The van der Waals surface area contributed by atoms with Gasteiger partial charge in [0.15, 0.2) is 6.61 Å². The largest absolute Gasteiger partial charge is 0.484 e. The molecule has 1 aliphatic heterocycles. The van der Waals surface area contributed by atoms with Gasteiger partial charge in [0, 0.05) is 55.8 Å². The standard InChI is InChI=1S/C36H27F6N7O5/c1-47-28-17-26(53-30-19-43-27(18-44-30)32-45-31(46-54-32)21-2-7-24(8-3-21)36(40,41)42)11-6-23(28)16-29(47)34(51)49-14-12-48(13-15-49)33(50)22-4-9-25(10-5-22)52-20-35(37,38)39/h2-11,16-19H,12-15,20H2,1H3. The van der Waals surface area contributed by atoms with E-state index in [1.54, 1.807) is 45.7 Å². The molecular formula is C36H27F6N7O5. The number of fused-ring (bicyclic) bond motifs is 1. The van der Waals surface area contributed by atoms with Crippen LogP contribution in [0, 0.1) is 0 Å². The van der Waals surface area contributed by atoms with Gasteiger partial charge in [-0.3, -0.25) is 9.59 Å².